The average Bonchev–Trinajstić information content (AvgIpc) is 2.26. The number of hydrogen-bond acceptors (Lipinski definition) is 3. The Morgan fingerprint density at radius 1 is 1.53 bits per heavy atom. The van der Waals surface area contributed by atoms with Gasteiger partial charge in [-0.15, -0.1) is 0 Å². The van der Waals surface area contributed by atoms with E-state index in [0.717, 1.165) is 19.5 Å². The minimum Gasteiger partial charge on any atom is -0.372 e. The lowest BCUT2D eigenvalue weighted by Gasteiger charge is -2.36. The summed E-state index contributed by atoms with van der Waals surface area (Å²) >= 11 is 0. The third kappa shape index (κ3) is 3.80. The first-order chi connectivity index (χ1) is 7.15. The molecular formula is C11H22N2O2. The van der Waals surface area contributed by atoms with Crippen LogP contribution >= 0.6 is 0 Å². The van der Waals surface area contributed by atoms with Crippen molar-refractivity contribution in [2.75, 3.05) is 40.4 Å². The number of likely N-dealkylation sites (N-methyl/N-ethyl adjacent to an activating group) is 1. The molecule has 4 heteroatoms. The van der Waals surface area contributed by atoms with E-state index < -0.39 is 0 Å². The lowest BCUT2D eigenvalue weighted by Crippen LogP contribution is -2.48. The molecule has 1 saturated heterocycles. The van der Waals surface area contributed by atoms with Crippen LogP contribution in [0.1, 0.15) is 19.8 Å². The summed E-state index contributed by atoms with van der Waals surface area (Å²) in [7, 11) is 4.14. The van der Waals surface area contributed by atoms with Crippen LogP contribution in [0.15, 0.2) is 0 Å². The number of hydrogen-bond donors (Lipinski definition) is 0. The minimum absolute atomic E-state index is 0.128. The maximum atomic E-state index is 11.7. The van der Waals surface area contributed by atoms with E-state index in [0.29, 0.717) is 12.6 Å². The van der Waals surface area contributed by atoms with E-state index in [4.69, 9.17) is 4.74 Å². The van der Waals surface area contributed by atoms with Crippen LogP contribution in [0, 0.1) is 0 Å². The molecule has 1 rings (SSSR count). The van der Waals surface area contributed by atoms with Crippen LogP contribution in [0.2, 0.25) is 0 Å². The third-order valence-electron chi connectivity index (χ3n) is 2.91. The normalized spacial score (nSPS) is 22.1. The van der Waals surface area contributed by atoms with E-state index in [2.05, 4.69) is 19.0 Å². The molecule has 0 aromatic carbocycles. The van der Waals surface area contributed by atoms with Crippen molar-refractivity contribution in [1.29, 1.82) is 0 Å². The van der Waals surface area contributed by atoms with Crippen LogP contribution in [0.25, 0.3) is 0 Å². The van der Waals surface area contributed by atoms with Crippen LogP contribution in [0.3, 0.4) is 0 Å². The molecule has 0 N–H and O–H groups in total. The number of nitrogens with zero attached hydrogens (tertiary/aromatic N) is 2. The van der Waals surface area contributed by atoms with Gasteiger partial charge < -0.3 is 14.5 Å². The molecule has 1 fully saturated rings. The molecule has 0 saturated carbocycles. The van der Waals surface area contributed by atoms with Gasteiger partial charge in [0.25, 0.3) is 0 Å². The van der Waals surface area contributed by atoms with Gasteiger partial charge in [0, 0.05) is 25.7 Å². The smallest absolute Gasteiger partial charge is 0.248 e. The molecule has 1 atom stereocenters. The molecule has 0 aliphatic carbocycles. The lowest BCUT2D eigenvalue weighted by atomic mass is 10.1. The summed E-state index contributed by atoms with van der Waals surface area (Å²) in [6.07, 6.45) is 2.28. The van der Waals surface area contributed by atoms with Crippen molar-refractivity contribution in [3.8, 4) is 0 Å². The minimum atomic E-state index is 0.128. The number of piperidine rings is 1. The van der Waals surface area contributed by atoms with Gasteiger partial charge in [-0.05, 0) is 33.9 Å². The van der Waals surface area contributed by atoms with E-state index in [-0.39, 0.29) is 12.5 Å². The molecule has 1 aliphatic heterocycles. The van der Waals surface area contributed by atoms with Gasteiger partial charge in [-0.25, -0.2) is 0 Å². The first-order valence-corrected chi connectivity index (χ1v) is 5.67. The summed E-state index contributed by atoms with van der Waals surface area (Å²) in [5, 5.41) is 0. The van der Waals surface area contributed by atoms with Crippen LogP contribution in [-0.4, -0.2) is 62.1 Å². The zero-order chi connectivity index (χ0) is 11.3. The zero-order valence-electron chi connectivity index (χ0n) is 10.0. The summed E-state index contributed by atoms with van der Waals surface area (Å²) in [4.78, 5) is 15.8. The molecule has 0 spiro atoms. The molecule has 15 heavy (non-hydrogen) atoms. The van der Waals surface area contributed by atoms with Crippen molar-refractivity contribution in [2.24, 2.45) is 0 Å². The Hall–Kier alpha value is -0.610. The van der Waals surface area contributed by atoms with Crippen molar-refractivity contribution in [3.63, 3.8) is 0 Å². The van der Waals surface area contributed by atoms with Gasteiger partial charge in [-0.1, -0.05) is 0 Å². The van der Waals surface area contributed by atoms with E-state index >= 15 is 0 Å². The van der Waals surface area contributed by atoms with Gasteiger partial charge in [-0.3, -0.25) is 4.79 Å². The van der Waals surface area contributed by atoms with Gasteiger partial charge in [0.1, 0.15) is 6.61 Å². The standard InChI is InChI=1S/C11H22N2O2/c1-4-15-9-11(14)13-7-5-6-10(8-13)12(2)3/h10H,4-9H2,1-3H3. The Kier molecular flexibility index (Phi) is 5.05. The second kappa shape index (κ2) is 6.08. The van der Waals surface area contributed by atoms with Gasteiger partial charge in [0.2, 0.25) is 5.91 Å². The predicted molar refractivity (Wildman–Crippen MR) is 59.8 cm³/mol. The molecule has 1 heterocycles. The molecule has 0 radical (unpaired) electrons. The van der Waals surface area contributed by atoms with Crippen LogP contribution < -0.4 is 0 Å². The Morgan fingerprint density at radius 2 is 2.27 bits per heavy atom. The molecule has 1 aliphatic rings. The largest absolute Gasteiger partial charge is 0.372 e. The van der Waals surface area contributed by atoms with E-state index in [1.54, 1.807) is 0 Å². The number of carbonyl (C=O) groups excluding carboxylic acids is 1. The zero-order valence-corrected chi connectivity index (χ0v) is 10.0. The molecule has 88 valence electrons. The molecule has 4 nitrogen and oxygen atoms in total. The van der Waals surface area contributed by atoms with Crippen molar-refractivity contribution in [2.45, 2.75) is 25.8 Å². The number of ether oxygens (including phenoxy) is 1. The number of rotatable bonds is 4. The first kappa shape index (κ1) is 12.5. The van der Waals surface area contributed by atoms with E-state index in [9.17, 15) is 4.79 Å². The molecule has 0 aromatic heterocycles. The van der Waals surface area contributed by atoms with Gasteiger partial charge in [0.05, 0.1) is 0 Å². The summed E-state index contributed by atoms with van der Waals surface area (Å²) in [6.45, 7) is 4.48. The quantitative estimate of drug-likeness (QED) is 0.686. The predicted octanol–water partition coefficient (Wildman–Crippen LogP) is 0.576. The van der Waals surface area contributed by atoms with Crippen molar-refractivity contribution in [3.05, 3.63) is 0 Å². The van der Waals surface area contributed by atoms with Crippen LogP contribution in [0.4, 0.5) is 0 Å². The molecule has 1 unspecified atom stereocenters. The summed E-state index contributed by atoms with van der Waals surface area (Å²) in [6, 6.07) is 0.504. The summed E-state index contributed by atoms with van der Waals surface area (Å²) in [5.41, 5.74) is 0. The summed E-state index contributed by atoms with van der Waals surface area (Å²) in [5.74, 6) is 0.128. The Balaban J connectivity index is 2.38. The molecule has 0 aromatic rings. The maximum absolute atomic E-state index is 11.7. The van der Waals surface area contributed by atoms with Crippen molar-refractivity contribution >= 4 is 5.91 Å². The maximum Gasteiger partial charge on any atom is 0.248 e. The van der Waals surface area contributed by atoms with E-state index in [1.165, 1.54) is 6.42 Å². The lowest BCUT2D eigenvalue weighted by molar-refractivity contribution is -0.137. The number of carbonyl (C=O) groups is 1. The highest BCUT2D eigenvalue weighted by Crippen LogP contribution is 2.13. The first-order valence-electron chi connectivity index (χ1n) is 5.67. The third-order valence-corrected chi connectivity index (χ3v) is 2.91. The SMILES string of the molecule is CCOCC(=O)N1CCCC(N(C)C)C1. The van der Waals surface area contributed by atoms with Crippen molar-refractivity contribution < 1.29 is 9.53 Å². The fraction of sp³-hybridized carbons (Fsp3) is 0.909. The topological polar surface area (TPSA) is 32.8 Å². The van der Waals surface area contributed by atoms with Crippen molar-refractivity contribution in [1.82, 2.24) is 9.80 Å². The Labute approximate surface area is 92.2 Å². The molecule has 1 amide bonds. The van der Waals surface area contributed by atoms with Gasteiger partial charge in [0.15, 0.2) is 0 Å². The molecule has 0 bridgehead atoms. The van der Waals surface area contributed by atoms with E-state index in [1.807, 2.05) is 11.8 Å². The molecular weight excluding hydrogens is 192 g/mol. The average molecular weight is 214 g/mol. The summed E-state index contributed by atoms with van der Waals surface area (Å²) < 4.78 is 5.14. The second-order valence-corrected chi connectivity index (χ2v) is 4.24. The fourth-order valence-corrected chi connectivity index (χ4v) is 1.88. The van der Waals surface area contributed by atoms with Crippen LogP contribution in [-0.2, 0) is 9.53 Å². The number of likely N-dealkylation sites (tertiary alicyclic amines) is 1. The van der Waals surface area contributed by atoms with Crippen LogP contribution in [0.5, 0.6) is 0 Å². The Morgan fingerprint density at radius 3 is 2.87 bits per heavy atom. The Bertz CT molecular complexity index is 207. The number of amides is 1. The fourth-order valence-electron chi connectivity index (χ4n) is 1.88. The highest BCUT2D eigenvalue weighted by Gasteiger charge is 2.24. The van der Waals surface area contributed by atoms with Gasteiger partial charge >= 0.3 is 0 Å². The highest BCUT2D eigenvalue weighted by molar-refractivity contribution is 5.77. The highest BCUT2D eigenvalue weighted by atomic mass is 16.5. The monoisotopic (exact) mass is 214 g/mol. The second-order valence-electron chi connectivity index (χ2n) is 4.24. The van der Waals surface area contributed by atoms with Gasteiger partial charge in [-0.2, -0.15) is 0 Å².